The van der Waals surface area contributed by atoms with E-state index in [0.717, 1.165) is 30.3 Å². The number of benzene rings is 1. The number of aromatic nitrogens is 1. The summed E-state index contributed by atoms with van der Waals surface area (Å²) in [7, 11) is 0. The molecule has 88 valence electrons. The zero-order chi connectivity index (χ0) is 11.7. The summed E-state index contributed by atoms with van der Waals surface area (Å²) in [5.41, 5.74) is 8.31. The Hall–Kier alpha value is -1.41. The fraction of sp³-hybridized carbons (Fsp3) is 0.400. The van der Waals surface area contributed by atoms with Gasteiger partial charge in [-0.1, -0.05) is 18.2 Å². The molecule has 2 heteroatoms. The minimum absolute atomic E-state index is 0.738. The SMILES string of the molecule is NCC1CCC1Cc1ccnc2ccccc12. The van der Waals surface area contributed by atoms with Gasteiger partial charge < -0.3 is 5.73 Å². The lowest BCUT2D eigenvalue weighted by atomic mass is 9.70. The first-order valence-corrected chi connectivity index (χ1v) is 6.41. The van der Waals surface area contributed by atoms with Crippen molar-refractivity contribution in [2.45, 2.75) is 19.3 Å². The predicted molar refractivity (Wildman–Crippen MR) is 70.7 cm³/mol. The van der Waals surface area contributed by atoms with Crippen molar-refractivity contribution in [1.29, 1.82) is 0 Å². The van der Waals surface area contributed by atoms with Crippen LogP contribution in [0, 0.1) is 11.8 Å². The summed E-state index contributed by atoms with van der Waals surface area (Å²) in [4.78, 5) is 4.41. The quantitative estimate of drug-likeness (QED) is 0.874. The van der Waals surface area contributed by atoms with Crippen molar-refractivity contribution in [3.8, 4) is 0 Å². The zero-order valence-electron chi connectivity index (χ0n) is 9.97. The van der Waals surface area contributed by atoms with Crippen LogP contribution < -0.4 is 5.73 Å². The van der Waals surface area contributed by atoms with Gasteiger partial charge in [-0.3, -0.25) is 4.98 Å². The fourth-order valence-corrected chi connectivity index (χ4v) is 2.83. The van der Waals surface area contributed by atoms with Crippen LogP contribution >= 0.6 is 0 Å². The van der Waals surface area contributed by atoms with Crippen molar-refractivity contribution in [1.82, 2.24) is 4.98 Å². The lowest BCUT2D eigenvalue weighted by Gasteiger charge is -2.36. The molecule has 2 nitrogen and oxygen atoms in total. The fourth-order valence-electron chi connectivity index (χ4n) is 2.83. The van der Waals surface area contributed by atoms with Gasteiger partial charge in [0.25, 0.3) is 0 Å². The molecule has 1 aromatic heterocycles. The third-order valence-electron chi connectivity index (χ3n) is 4.10. The minimum Gasteiger partial charge on any atom is -0.330 e. The molecule has 1 aliphatic rings. The molecule has 0 radical (unpaired) electrons. The van der Waals surface area contributed by atoms with Crippen LogP contribution in [0.4, 0.5) is 0 Å². The van der Waals surface area contributed by atoms with Crippen LogP contribution in [0.3, 0.4) is 0 Å². The Morgan fingerprint density at radius 1 is 1.12 bits per heavy atom. The third kappa shape index (κ3) is 1.93. The molecule has 0 amide bonds. The Balaban J connectivity index is 1.90. The molecule has 1 aromatic carbocycles. The maximum Gasteiger partial charge on any atom is 0.0704 e. The Bertz CT molecular complexity index is 514. The van der Waals surface area contributed by atoms with Gasteiger partial charge in [-0.2, -0.15) is 0 Å². The maximum atomic E-state index is 5.78. The van der Waals surface area contributed by atoms with Gasteiger partial charge in [-0.25, -0.2) is 0 Å². The standard InChI is InChI=1S/C15H18N2/c16-10-13-6-5-11(13)9-12-7-8-17-15-4-2-1-3-14(12)15/h1-4,7-8,11,13H,5-6,9-10,16H2. The van der Waals surface area contributed by atoms with Crippen molar-refractivity contribution in [2.24, 2.45) is 17.6 Å². The number of nitrogens with two attached hydrogens (primary N) is 1. The first kappa shape index (κ1) is 10.7. The molecule has 1 fully saturated rings. The van der Waals surface area contributed by atoms with Crippen LogP contribution in [0.1, 0.15) is 18.4 Å². The Morgan fingerprint density at radius 2 is 1.94 bits per heavy atom. The molecule has 0 aliphatic heterocycles. The molecule has 0 bridgehead atoms. The second-order valence-corrected chi connectivity index (χ2v) is 5.02. The van der Waals surface area contributed by atoms with Crippen molar-refractivity contribution < 1.29 is 0 Å². The topological polar surface area (TPSA) is 38.9 Å². The average Bonchev–Trinajstić information content (AvgIpc) is 2.35. The van der Waals surface area contributed by atoms with Gasteiger partial charge >= 0.3 is 0 Å². The monoisotopic (exact) mass is 226 g/mol. The van der Waals surface area contributed by atoms with E-state index in [1.54, 1.807) is 0 Å². The van der Waals surface area contributed by atoms with Crippen LogP contribution in [0.15, 0.2) is 36.5 Å². The highest BCUT2D eigenvalue weighted by Crippen LogP contribution is 2.36. The van der Waals surface area contributed by atoms with Crippen LogP contribution in [-0.2, 0) is 6.42 Å². The zero-order valence-corrected chi connectivity index (χ0v) is 9.97. The molecule has 17 heavy (non-hydrogen) atoms. The van der Waals surface area contributed by atoms with Crippen LogP contribution in [0.25, 0.3) is 10.9 Å². The summed E-state index contributed by atoms with van der Waals surface area (Å²) in [6.45, 7) is 0.841. The molecule has 0 saturated heterocycles. The first-order chi connectivity index (χ1) is 8.38. The molecule has 1 aliphatic carbocycles. The summed E-state index contributed by atoms with van der Waals surface area (Å²) in [5.74, 6) is 1.52. The molecular formula is C15H18N2. The van der Waals surface area contributed by atoms with Gasteiger partial charge in [0, 0.05) is 11.6 Å². The number of hydrogen-bond acceptors (Lipinski definition) is 2. The number of hydrogen-bond donors (Lipinski definition) is 1. The lowest BCUT2D eigenvalue weighted by Crippen LogP contribution is -2.33. The summed E-state index contributed by atoms with van der Waals surface area (Å²) in [6.07, 6.45) is 5.72. The van der Waals surface area contributed by atoms with Crippen LogP contribution in [-0.4, -0.2) is 11.5 Å². The number of pyridine rings is 1. The highest BCUT2D eigenvalue weighted by Gasteiger charge is 2.29. The number of rotatable bonds is 3. The smallest absolute Gasteiger partial charge is 0.0704 e. The number of nitrogens with zero attached hydrogens (tertiary/aromatic N) is 1. The molecule has 1 heterocycles. The highest BCUT2D eigenvalue weighted by atomic mass is 14.6. The maximum absolute atomic E-state index is 5.78. The van der Waals surface area contributed by atoms with E-state index in [1.165, 1.54) is 23.8 Å². The van der Waals surface area contributed by atoms with Crippen molar-refractivity contribution in [3.63, 3.8) is 0 Å². The van der Waals surface area contributed by atoms with Gasteiger partial charge in [0.05, 0.1) is 5.52 Å². The molecule has 2 unspecified atom stereocenters. The summed E-state index contributed by atoms with van der Waals surface area (Å²) in [5, 5.41) is 1.30. The number of fused-ring (bicyclic) bond motifs is 1. The molecule has 1 saturated carbocycles. The molecule has 2 aromatic rings. The van der Waals surface area contributed by atoms with Gasteiger partial charge in [0.2, 0.25) is 0 Å². The second-order valence-electron chi connectivity index (χ2n) is 5.02. The largest absolute Gasteiger partial charge is 0.330 e. The van der Waals surface area contributed by atoms with E-state index in [4.69, 9.17) is 5.73 Å². The van der Waals surface area contributed by atoms with E-state index in [1.807, 2.05) is 12.3 Å². The van der Waals surface area contributed by atoms with Crippen molar-refractivity contribution in [2.75, 3.05) is 6.54 Å². The van der Waals surface area contributed by atoms with Crippen molar-refractivity contribution >= 4 is 10.9 Å². The van der Waals surface area contributed by atoms with Gasteiger partial charge in [0.1, 0.15) is 0 Å². The van der Waals surface area contributed by atoms with Crippen LogP contribution in [0.2, 0.25) is 0 Å². The van der Waals surface area contributed by atoms with Gasteiger partial charge in [-0.05, 0) is 55.3 Å². The molecule has 0 spiro atoms. The molecule has 2 N–H and O–H groups in total. The Kier molecular flexibility index (Phi) is 2.81. The first-order valence-electron chi connectivity index (χ1n) is 6.41. The molecular weight excluding hydrogens is 208 g/mol. The predicted octanol–water partition coefficient (Wildman–Crippen LogP) is 2.76. The minimum atomic E-state index is 0.738. The third-order valence-corrected chi connectivity index (χ3v) is 4.10. The van der Waals surface area contributed by atoms with E-state index in [-0.39, 0.29) is 0 Å². The summed E-state index contributed by atoms with van der Waals surface area (Å²) in [6, 6.07) is 10.6. The second kappa shape index (κ2) is 4.46. The van der Waals surface area contributed by atoms with Gasteiger partial charge in [-0.15, -0.1) is 0 Å². The number of para-hydroxylation sites is 1. The lowest BCUT2D eigenvalue weighted by molar-refractivity contribution is 0.183. The van der Waals surface area contributed by atoms with Crippen LogP contribution in [0.5, 0.6) is 0 Å². The normalized spacial score (nSPS) is 23.6. The highest BCUT2D eigenvalue weighted by molar-refractivity contribution is 5.81. The van der Waals surface area contributed by atoms with E-state index in [2.05, 4.69) is 29.2 Å². The Labute approximate surface area is 102 Å². The van der Waals surface area contributed by atoms with Gasteiger partial charge in [0.15, 0.2) is 0 Å². The average molecular weight is 226 g/mol. The summed E-state index contributed by atoms with van der Waals surface area (Å²) >= 11 is 0. The van der Waals surface area contributed by atoms with Crippen molar-refractivity contribution in [3.05, 3.63) is 42.1 Å². The van der Waals surface area contributed by atoms with E-state index < -0.39 is 0 Å². The molecule has 3 rings (SSSR count). The Morgan fingerprint density at radius 3 is 2.71 bits per heavy atom. The van der Waals surface area contributed by atoms with E-state index in [0.29, 0.717) is 0 Å². The van der Waals surface area contributed by atoms with E-state index in [9.17, 15) is 0 Å². The van der Waals surface area contributed by atoms with E-state index >= 15 is 0 Å². The summed E-state index contributed by atoms with van der Waals surface area (Å²) < 4.78 is 0. The molecule has 2 atom stereocenters.